The van der Waals surface area contributed by atoms with Crippen LogP contribution < -0.4 is 5.73 Å². The first kappa shape index (κ1) is 12.8. The minimum absolute atomic E-state index is 0.821. The van der Waals surface area contributed by atoms with Crippen molar-refractivity contribution in [2.45, 2.75) is 13.1 Å². The van der Waals surface area contributed by atoms with Crippen molar-refractivity contribution in [2.75, 3.05) is 12.8 Å². The molecule has 0 atom stereocenters. The van der Waals surface area contributed by atoms with Gasteiger partial charge in [0.2, 0.25) is 0 Å². The van der Waals surface area contributed by atoms with Gasteiger partial charge in [0.15, 0.2) is 0 Å². The van der Waals surface area contributed by atoms with Gasteiger partial charge in [-0.3, -0.25) is 4.90 Å². The van der Waals surface area contributed by atoms with Gasteiger partial charge < -0.3 is 10.2 Å². The van der Waals surface area contributed by atoms with Gasteiger partial charge in [-0.25, -0.2) is 0 Å². The standard InChI is InChI=1S/C17H18N2O/c1-19(10-13-6-7-20-12-13)11-16-8-14-4-2-3-5-15(14)9-17(16)18/h2-9,12H,10-11,18H2,1H3. The van der Waals surface area contributed by atoms with Crippen molar-refractivity contribution in [3.63, 3.8) is 0 Å². The first-order valence-electron chi connectivity index (χ1n) is 6.69. The third-order valence-electron chi connectivity index (χ3n) is 3.48. The minimum Gasteiger partial charge on any atom is -0.472 e. The summed E-state index contributed by atoms with van der Waals surface area (Å²) in [5.41, 5.74) is 9.35. The summed E-state index contributed by atoms with van der Waals surface area (Å²) >= 11 is 0. The summed E-state index contributed by atoms with van der Waals surface area (Å²) in [6.07, 6.45) is 3.48. The van der Waals surface area contributed by atoms with E-state index < -0.39 is 0 Å². The quantitative estimate of drug-likeness (QED) is 0.733. The molecule has 0 saturated heterocycles. The van der Waals surface area contributed by atoms with Crippen LogP contribution in [0.2, 0.25) is 0 Å². The van der Waals surface area contributed by atoms with Crippen molar-refractivity contribution < 1.29 is 4.42 Å². The molecule has 0 fully saturated rings. The van der Waals surface area contributed by atoms with Gasteiger partial charge in [-0.2, -0.15) is 0 Å². The molecule has 2 aromatic carbocycles. The second-order valence-electron chi connectivity index (χ2n) is 5.20. The summed E-state index contributed by atoms with van der Waals surface area (Å²) in [6.45, 7) is 1.67. The zero-order valence-corrected chi connectivity index (χ0v) is 11.5. The molecule has 20 heavy (non-hydrogen) atoms. The van der Waals surface area contributed by atoms with E-state index in [4.69, 9.17) is 10.2 Å². The first-order valence-corrected chi connectivity index (χ1v) is 6.69. The molecule has 3 heteroatoms. The molecule has 0 bridgehead atoms. The maximum absolute atomic E-state index is 6.16. The van der Waals surface area contributed by atoms with Crippen molar-refractivity contribution in [1.82, 2.24) is 4.90 Å². The molecular weight excluding hydrogens is 248 g/mol. The number of nitrogens with two attached hydrogens (primary N) is 1. The fourth-order valence-corrected chi connectivity index (χ4v) is 2.48. The number of rotatable bonds is 4. The van der Waals surface area contributed by atoms with Gasteiger partial charge >= 0.3 is 0 Å². The third-order valence-corrected chi connectivity index (χ3v) is 3.48. The number of hydrogen-bond donors (Lipinski definition) is 1. The SMILES string of the molecule is CN(Cc1ccoc1)Cc1cc2ccccc2cc1N. The first-order chi connectivity index (χ1) is 9.72. The lowest BCUT2D eigenvalue weighted by Gasteiger charge is -2.17. The van der Waals surface area contributed by atoms with Gasteiger partial charge in [0.1, 0.15) is 0 Å². The molecule has 102 valence electrons. The van der Waals surface area contributed by atoms with Crippen molar-refractivity contribution in [3.8, 4) is 0 Å². The minimum atomic E-state index is 0.821. The van der Waals surface area contributed by atoms with Gasteiger partial charge in [0, 0.05) is 24.3 Å². The number of nitrogens with zero attached hydrogens (tertiary/aromatic N) is 1. The normalized spacial score (nSPS) is 11.3. The molecule has 3 rings (SSSR count). The summed E-state index contributed by atoms with van der Waals surface area (Å²) in [4.78, 5) is 2.23. The van der Waals surface area contributed by atoms with Crippen LogP contribution in [0.1, 0.15) is 11.1 Å². The molecule has 0 aliphatic heterocycles. The van der Waals surface area contributed by atoms with Crippen molar-refractivity contribution >= 4 is 16.5 Å². The molecule has 0 amide bonds. The second kappa shape index (κ2) is 5.39. The number of furan rings is 1. The Labute approximate surface area is 118 Å². The maximum atomic E-state index is 6.16. The van der Waals surface area contributed by atoms with Crippen LogP contribution >= 0.6 is 0 Å². The predicted octanol–water partition coefficient (Wildman–Crippen LogP) is 3.65. The number of fused-ring (bicyclic) bond motifs is 1. The predicted molar refractivity (Wildman–Crippen MR) is 82.2 cm³/mol. The molecule has 2 N–H and O–H groups in total. The van der Waals surface area contributed by atoms with Crippen LogP contribution in [-0.2, 0) is 13.1 Å². The summed E-state index contributed by atoms with van der Waals surface area (Å²) in [6, 6.07) is 14.5. The lowest BCUT2D eigenvalue weighted by atomic mass is 10.0. The number of hydrogen-bond acceptors (Lipinski definition) is 3. The highest BCUT2D eigenvalue weighted by atomic mass is 16.3. The molecule has 0 radical (unpaired) electrons. The Kier molecular flexibility index (Phi) is 3.44. The van der Waals surface area contributed by atoms with E-state index in [9.17, 15) is 0 Å². The Morgan fingerprint density at radius 3 is 2.50 bits per heavy atom. The molecule has 1 aromatic heterocycles. The van der Waals surface area contributed by atoms with E-state index >= 15 is 0 Å². The van der Waals surface area contributed by atoms with Crippen LogP contribution in [0.4, 0.5) is 5.69 Å². The molecule has 0 saturated carbocycles. The number of nitrogen functional groups attached to an aromatic ring is 1. The average molecular weight is 266 g/mol. The Morgan fingerprint density at radius 2 is 1.80 bits per heavy atom. The van der Waals surface area contributed by atoms with E-state index in [0.717, 1.165) is 24.3 Å². The van der Waals surface area contributed by atoms with Crippen molar-refractivity contribution in [3.05, 3.63) is 66.1 Å². The summed E-state index contributed by atoms with van der Waals surface area (Å²) in [5.74, 6) is 0. The second-order valence-corrected chi connectivity index (χ2v) is 5.20. The van der Waals surface area contributed by atoms with E-state index in [1.165, 1.54) is 16.3 Å². The Bertz CT molecular complexity index is 704. The molecule has 0 unspecified atom stereocenters. The van der Waals surface area contributed by atoms with E-state index in [1.54, 1.807) is 12.5 Å². The lowest BCUT2D eigenvalue weighted by Crippen LogP contribution is -2.17. The molecule has 0 aliphatic carbocycles. The highest BCUT2D eigenvalue weighted by Gasteiger charge is 2.07. The summed E-state index contributed by atoms with van der Waals surface area (Å²) in [5, 5.41) is 2.42. The zero-order valence-electron chi connectivity index (χ0n) is 11.5. The highest BCUT2D eigenvalue weighted by molar-refractivity contribution is 5.86. The fourth-order valence-electron chi connectivity index (χ4n) is 2.48. The van der Waals surface area contributed by atoms with Crippen LogP contribution in [0.3, 0.4) is 0 Å². The van der Waals surface area contributed by atoms with Gasteiger partial charge in [-0.1, -0.05) is 24.3 Å². The Morgan fingerprint density at radius 1 is 1.05 bits per heavy atom. The van der Waals surface area contributed by atoms with Crippen LogP contribution in [0.15, 0.2) is 59.4 Å². The van der Waals surface area contributed by atoms with Crippen molar-refractivity contribution in [2.24, 2.45) is 0 Å². The molecule has 3 nitrogen and oxygen atoms in total. The molecular formula is C17H18N2O. The lowest BCUT2D eigenvalue weighted by molar-refractivity contribution is 0.318. The summed E-state index contributed by atoms with van der Waals surface area (Å²) in [7, 11) is 2.08. The average Bonchev–Trinajstić information content (AvgIpc) is 2.92. The Balaban J connectivity index is 1.81. The highest BCUT2D eigenvalue weighted by Crippen LogP contribution is 2.23. The van der Waals surface area contributed by atoms with Gasteiger partial charge in [0.05, 0.1) is 12.5 Å². The van der Waals surface area contributed by atoms with E-state index in [0.29, 0.717) is 0 Å². The van der Waals surface area contributed by atoms with Crippen molar-refractivity contribution in [1.29, 1.82) is 0 Å². The number of anilines is 1. The van der Waals surface area contributed by atoms with Gasteiger partial charge in [-0.05, 0) is 41.6 Å². The van der Waals surface area contributed by atoms with Crippen LogP contribution in [0, 0.1) is 0 Å². The molecule has 1 heterocycles. The smallest absolute Gasteiger partial charge is 0.0947 e. The molecule has 0 aliphatic rings. The number of benzene rings is 2. The third kappa shape index (κ3) is 2.68. The topological polar surface area (TPSA) is 42.4 Å². The van der Waals surface area contributed by atoms with Gasteiger partial charge in [-0.15, -0.1) is 0 Å². The molecule has 0 spiro atoms. The summed E-state index contributed by atoms with van der Waals surface area (Å²) < 4.78 is 5.10. The largest absolute Gasteiger partial charge is 0.472 e. The van der Waals surface area contributed by atoms with Crippen LogP contribution in [0.5, 0.6) is 0 Å². The maximum Gasteiger partial charge on any atom is 0.0947 e. The fraction of sp³-hybridized carbons (Fsp3) is 0.176. The Hall–Kier alpha value is -2.26. The van der Waals surface area contributed by atoms with Crippen LogP contribution in [-0.4, -0.2) is 11.9 Å². The zero-order chi connectivity index (χ0) is 13.9. The van der Waals surface area contributed by atoms with E-state index in [1.807, 2.05) is 12.1 Å². The monoisotopic (exact) mass is 266 g/mol. The molecule has 3 aromatic rings. The van der Waals surface area contributed by atoms with Gasteiger partial charge in [0.25, 0.3) is 0 Å². The van der Waals surface area contributed by atoms with E-state index in [2.05, 4.69) is 42.3 Å². The van der Waals surface area contributed by atoms with E-state index in [-0.39, 0.29) is 0 Å². The van der Waals surface area contributed by atoms with Crippen LogP contribution in [0.25, 0.3) is 10.8 Å².